The second kappa shape index (κ2) is 10.2. The van der Waals surface area contributed by atoms with Crippen LogP contribution in [0.5, 0.6) is 11.5 Å². The second-order valence-electron chi connectivity index (χ2n) is 8.31. The highest BCUT2D eigenvalue weighted by atomic mass is 16.6. The first kappa shape index (κ1) is 24.3. The van der Waals surface area contributed by atoms with Gasteiger partial charge in [-0.1, -0.05) is 43.0 Å². The van der Waals surface area contributed by atoms with Crippen LogP contribution >= 0.6 is 0 Å². The highest BCUT2D eigenvalue weighted by Crippen LogP contribution is 2.42. The van der Waals surface area contributed by atoms with Crippen LogP contribution in [-0.2, 0) is 11.3 Å². The molecule has 2 aromatic carbocycles. The van der Waals surface area contributed by atoms with Crippen molar-refractivity contribution in [1.82, 2.24) is 4.90 Å². The van der Waals surface area contributed by atoms with E-state index in [0.717, 1.165) is 10.5 Å². The maximum absolute atomic E-state index is 13.6. The number of ether oxygens (including phenoxy) is 3. The molecule has 9 nitrogen and oxygen atoms in total. The molecule has 2 aliphatic heterocycles. The van der Waals surface area contributed by atoms with Crippen molar-refractivity contribution in [1.29, 1.82) is 0 Å². The van der Waals surface area contributed by atoms with Gasteiger partial charge in [-0.2, -0.15) is 0 Å². The monoisotopic (exact) mass is 480 g/mol. The zero-order valence-corrected chi connectivity index (χ0v) is 19.6. The molecule has 2 N–H and O–H groups in total. The van der Waals surface area contributed by atoms with Crippen LogP contribution in [0.25, 0.3) is 0 Å². The summed E-state index contributed by atoms with van der Waals surface area (Å²) in [5.74, 6) is 0.129. The number of benzene rings is 2. The number of amides is 2. The van der Waals surface area contributed by atoms with Gasteiger partial charge in [0.2, 0.25) is 0 Å². The molecule has 35 heavy (non-hydrogen) atoms. The Kier molecular flexibility index (Phi) is 7.09. The molecule has 0 aliphatic carbocycles. The van der Waals surface area contributed by atoms with E-state index in [1.807, 2.05) is 30.3 Å². The number of anilines is 1. The van der Waals surface area contributed by atoms with Crippen LogP contribution in [-0.4, -0.2) is 59.2 Å². The van der Waals surface area contributed by atoms with E-state index in [0.29, 0.717) is 17.1 Å². The van der Waals surface area contributed by atoms with Crippen molar-refractivity contribution < 1.29 is 34.0 Å². The van der Waals surface area contributed by atoms with Crippen LogP contribution in [0.2, 0.25) is 0 Å². The molecule has 1 unspecified atom stereocenters. The number of aliphatic hydroxyl groups excluding tert-OH is 2. The second-order valence-corrected chi connectivity index (χ2v) is 8.31. The van der Waals surface area contributed by atoms with E-state index in [9.17, 15) is 19.8 Å². The number of carbonyl (C=O) groups excluding carboxylic acids is 2. The van der Waals surface area contributed by atoms with E-state index in [4.69, 9.17) is 14.2 Å². The SMILES string of the molecule is C=CCOC(=O)N1c2cc(OCc3ccccc3)c(OC)cc2C(=O)N2C=C(C(C)O)C[C@H]2[C@@H]1O. The van der Waals surface area contributed by atoms with Gasteiger partial charge in [-0.25, -0.2) is 9.69 Å². The first-order valence-corrected chi connectivity index (χ1v) is 11.2. The number of aliphatic hydroxyl groups is 2. The molecule has 3 atom stereocenters. The lowest BCUT2D eigenvalue weighted by atomic mass is 10.1. The quantitative estimate of drug-likeness (QED) is 0.586. The van der Waals surface area contributed by atoms with Gasteiger partial charge < -0.3 is 29.3 Å². The highest BCUT2D eigenvalue weighted by molar-refractivity contribution is 6.06. The summed E-state index contributed by atoms with van der Waals surface area (Å²) in [6.45, 7) is 5.28. The van der Waals surface area contributed by atoms with Crippen LogP contribution in [0.3, 0.4) is 0 Å². The first-order chi connectivity index (χ1) is 16.8. The third-order valence-electron chi connectivity index (χ3n) is 6.02. The summed E-state index contributed by atoms with van der Waals surface area (Å²) in [6, 6.07) is 11.7. The summed E-state index contributed by atoms with van der Waals surface area (Å²) in [5.41, 5.74) is 1.73. The minimum Gasteiger partial charge on any atom is -0.493 e. The van der Waals surface area contributed by atoms with Gasteiger partial charge in [0, 0.05) is 12.3 Å². The van der Waals surface area contributed by atoms with Crippen LogP contribution in [0.15, 0.2) is 66.9 Å². The number of hydrogen-bond donors (Lipinski definition) is 2. The van der Waals surface area contributed by atoms with Crippen LogP contribution in [0, 0.1) is 0 Å². The number of rotatable bonds is 7. The maximum Gasteiger partial charge on any atom is 0.416 e. The Labute approximate surface area is 203 Å². The lowest BCUT2D eigenvalue weighted by Crippen LogP contribution is -2.50. The minimum absolute atomic E-state index is 0.0790. The van der Waals surface area contributed by atoms with E-state index in [1.54, 1.807) is 6.92 Å². The molecule has 0 fully saturated rings. The van der Waals surface area contributed by atoms with Gasteiger partial charge in [0.05, 0.1) is 30.5 Å². The first-order valence-electron chi connectivity index (χ1n) is 11.2. The Hall–Kier alpha value is -3.82. The summed E-state index contributed by atoms with van der Waals surface area (Å²) in [5, 5.41) is 21.4. The molecule has 2 heterocycles. The fourth-order valence-corrected chi connectivity index (χ4v) is 4.19. The largest absolute Gasteiger partial charge is 0.493 e. The van der Waals surface area contributed by atoms with Crippen molar-refractivity contribution >= 4 is 17.7 Å². The van der Waals surface area contributed by atoms with Crippen molar-refractivity contribution in [3.63, 3.8) is 0 Å². The predicted molar refractivity (Wildman–Crippen MR) is 128 cm³/mol. The van der Waals surface area contributed by atoms with E-state index >= 15 is 0 Å². The number of carbonyl (C=O) groups is 2. The molecule has 0 spiro atoms. The standard InChI is InChI=1S/C26H28N2O7/c1-4-10-34-26(32)28-20-13-23(35-15-17-8-6-5-7-9-17)22(33-3)12-19(20)24(30)27-14-18(16(2)29)11-21(27)25(28)31/h4-9,12-14,16,21,25,29,31H,1,10-11,15H2,2-3H3/t16?,21-,25-/m0/s1. The van der Waals surface area contributed by atoms with E-state index in [-0.39, 0.29) is 30.9 Å². The van der Waals surface area contributed by atoms with Crippen molar-refractivity contribution in [2.24, 2.45) is 0 Å². The van der Waals surface area contributed by atoms with Gasteiger partial charge in [0.1, 0.15) is 13.2 Å². The number of nitrogens with zero attached hydrogens (tertiary/aromatic N) is 2. The average molecular weight is 481 g/mol. The summed E-state index contributed by atoms with van der Waals surface area (Å²) in [4.78, 5) is 29.0. The number of fused-ring (bicyclic) bond motifs is 2. The van der Waals surface area contributed by atoms with Crippen LogP contribution < -0.4 is 14.4 Å². The topological polar surface area (TPSA) is 109 Å². The average Bonchev–Trinajstić information content (AvgIpc) is 3.29. The summed E-state index contributed by atoms with van der Waals surface area (Å²) in [6.07, 6.45) is 0.0172. The van der Waals surface area contributed by atoms with Crippen LogP contribution in [0.4, 0.5) is 10.5 Å². The van der Waals surface area contributed by atoms with Crippen molar-refractivity contribution in [2.45, 2.75) is 38.3 Å². The molecular formula is C26H28N2O7. The lowest BCUT2D eigenvalue weighted by molar-refractivity contribution is 0.0553. The van der Waals surface area contributed by atoms with Gasteiger partial charge in [-0.15, -0.1) is 0 Å². The van der Waals surface area contributed by atoms with E-state index in [1.165, 1.54) is 36.4 Å². The lowest BCUT2D eigenvalue weighted by Gasteiger charge is -2.31. The third kappa shape index (κ3) is 4.73. The maximum atomic E-state index is 13.6. The summed E-state index contributed by atoms with van der Waals surface area (Å²) in [7, 11) is 1.45. The molecule has 2 amide bonds. The Bertz CT molecular complexity index is 1150. The van der Waals surface area contributed by atoms with Gasteiger partial charge >= 0.3 is 6.09 Å². The molecule has 0 saturated carbocycles. The number of hydrogen-bond acceptors (Lipinski definition) is 7. The smallest absolute Gasteiger partial charge is 0.416 e. The molecule has 9 heteroatoms. The molecule has 0 bridgehead atoms. The molecule has 184 valence electrons. The summed E-state index contributed by atoms with van der Waals surface area (Å²) >= 11 is 0. The van der Waals surface area contributed by atoms with E-state index in [2.05, 4.69) is 6.58 Å². The van der Waals surface area contributed by atoms with Gasteiger partial charge in [0.25, 0.3) is 5.91 Å². The Morgan fingerprint density at radius 1 is 1.26 bits per heavy atom. The molecule has 2 aliphatic rings. The zero-order chi connectivity index (χ0) is 25.1. The third-order valence-corrected chi connectivity index (χ3v) is 6.02. The van der Waals surface area contributed by atoms with E-state index < -0.39 is 30.4 Å². The zero-order valence-electron chi connectivity index (χ0n) is 19.6. The number of methoxy groups -OCH3 is 1. The molecule has 2 aromatic rings. The Balaban J connectivity index is 1.80. The van der Waals surface area contributed by atoms with Crippen molar-refractivity contribution in [2.75, 3.05) is 18.6 Å². The summed E-state index contributed by atoms with van der Waals surface area (Å²) < 4.78 is 16.7. The molecule has 0 aromatic heterocycles. The highest BCUT2D eigenvalue weighted by Gasteiger charge is 2.46. The molecule has 4 rings (SSSR count). The fraction of sp³-hybridized carbons (Fsp3) is 0.308. The normalized spacial score (nSPS) is 19.8. The fourth-order valence-electron chi connectivity index (χ4n) is 4.19. The minimum atomic E-state index is -1.44. The molecule has 0 saturated heterocycles. The van der Waals surface area contributed by atoms with Crippen LogP contribution in [0.1, 0.15) is 29.3 Å². The predicted octanol–water partition coefficient (Wildman–Crippen LogP) is 3.21. The van der Waals surface area contributed by atoms with Gasteiger partial charge in [-0.05, 0) is 30.5 Å². The molecular weight excluding hydrogens is 452 g/mol. The Morgan fingerprint density at radius 3 is 2.66 bits per heavy atom. The van der Waals surface area contributed by atoms with Crippen molar-refractivity contribution in [3.05, 3.63) is 78.0 Å². The van der Waals surface area contributed by atoms with Gasteiger partial charge in [0.15, 0.2) is 17.7 Å². The Morgan fingerprint density at radius 2 is 2.00 bits per heavy atom. The van der Waals surface area contributed by atoms with Crippen molar-refractivity contribution in [3.8, 4) is 11.5 Å². The van der Waals surface area contributed by atoms with Gasteiger partial charge in [-0.3, -0.25) is 4.79 Å². The molecule has 0 radical (unpaired) electrons.